The van der Waals surface area contributed by atoms with Crippen LogP contribution in [0.2, 0.25) is 5.02 Å². The third-order valence-electron chi connectivity index (χ3n) is 5.10. The van der Waals surface area contributed by atoms with Crippen LogP contribution < -0.4 is 9.47 Å². The first-order valence-electron chi connectivity index (χ1n) is 9.57. The van der Waals surface area contributed by atoms with Crippen LogP contribution in [0.25, 0.3) is 6.08 Å². The fourth-order valence-corrected chi connectivity index (χ4v) is 5.01. The molecular weight excluding hydrogens is 384 g/mol. The molecule has 0 radical (unpaired) electrons. The Morgan fingerprint density at radius 2 is 1.68 bits per heavy atom. The van der Waals surface area contributed by atoms with Crippen molar-refractivity contribution in [3.05, 3.63) is 93.2 Å². The van der Waals surface area contributed by atoms with Gasteiger partial charge in [0.2, 0.25) is 0 Å². The highest BCUT2D eigenvalue weighted by molar-refractivity contribution is 8.03. The lowest BCUT2D eigenvalue weighted by Gasteiger charge is -2.18. The second kappa shape index (κ2) is 8.02. The number of thioether (sulfide) groups is 1. The van der Waals surface area contributed by atoms with Crippen LogP contribution in [0.1, 0.15) is 29.4 Å². The lowest BCUT2D eigenvalue weighted by Crippen LogP contribution is -2.40. The number of benzene rings is 2. The van der Waals surface area contributed by atoms with Gasteiger partial charge in [-0.15, -0.1) is 0 Å². The summed E-state index contributed by atoms with van der Waals surface area (Å²) in [6.07, 6.45) is 2.31. The lowest BCUT2D eigenvalue weighted by molar-refractivity contribution is -0.700. The second-order valence-corrected chi connectivity index (χ2v) is 8.58. The van der Waals surface area contributed by atoms with E-state index in [2.05, 4.69) is 84.8 Å². The van der Waals surface area contributed by atoms with Gasteiger partial charge in [-0.3, -0.25) is 0 Å². The normalized spacial score (nSPS) is 14.6. The van der Waals surface area contributed by atoms with Gasteiger partial charge in [-0.1, -0.05) is 47.6 Å². The highest BCUT2D eigenvalue weighted by atomic mass is 35.5. The van der Waals surface area contributed by atoms with Crippen LogP contribution in [-0.2, 0) is 6.54 Å². The zero-order valence-corrected chi connectivity index (χ0v) is 18.0. The van der Waals surface area contributed by atoms with Gasteiger partial charge in [0.15, 0.2) is 17.9 Å². The molecule has 2 aromatic carbocycles. The van der Waals surface area contributed by atoms with Crippen molar-refractivity contribution >= 4 is 35.1 Å². The van der Waals surface area contributed by atoms with Gasteiger partial charge in [-0.2, -0.15) is 4.57 Å². The molecule has 0 saturated carbocycles. The van der Waals surface area contributed by atoms with E-state index in [1.807, 2.05) is 23.9 Å². The van der Waals surface area contributed by atoms with Gasteiger partial charge in [0, 0.05) is 48.0 Å². The van der Waals surface area contributed by atoms with E-state index < -0.39 is 0 Å². The van der Waals surface area contributed by atoms with Gasteiger partial charge in [-0.25, -0.2) is 0 Å². The topological polar surface area (TPSA) is 7.12 Å². The Morgan fingerprint density at radius 3 is 2.36 bits per heavy atom. The smallest absolute Gasteiger partial charge is 0.179 e. The molecule has 1 aliphatic heterocycles. The third-order valence-corrected chi connectivity index (χ3v) is 6.46. The molecule has 4 heteroatoms. The van der Waals surface area contributed by atoms with Crippen molar-refractivity contribution in [1.29, 1.82) is 0 Å². The van der Waals surface area contributed by atoms with E-state index in [4.69, 9.17) is 11.6 Å². The van der Waals surface area contributed by atoms with Crippen molar-refractivity contribution in [2.24, 2.45) is 0 Å². The van der Waals surface area contributed by atoms with Crippen LogP contribution in [0.5, 0.6) is 0 Å². The minimum absolute atomic E-state index is 0.778. The standard InChI is InChI=1S/C24H24ClN2S/c1-4-26-22-7-5-6-8-23(22)28-24(26)15-20-13-17(2)27(18(3)14-20)16-19-9-11-21(25)12-10-19/h5-15H,4,16H2,1-3H3/q+1. The average Bonchev–Trinajstić information content (AvgIpc) is 3.03. The maximum Gasteiger partial charge on any atom is 0.179 e. The van der Waals surface area contributed by atoms with Crippen molar-refractivity contribution < 1.29 is 4.57 Å². The first kappa shape index (κ1) is 19.1. The van der Waals surface area contributed by atoms with Gasteiger partial charge >= 0.3 is 0 Å². The molecule has 2 nitrogen and oxygen atoms in total. The van der Waals surface area contributed by atoms with Crippen LogP contribution in [0.3, 0.4) is 0 Å². The maximum atomic E-state index is 6.02. The minimum atomic E-state index is 0.778. The maximum absolute atomic E-state index is 6.02. The lowest BCUT2D eigenvalue weighted by atomic mass is 10.1. The van der Waals surface area contributed by atoms with E-state index >= 15 is 0 Å². The summed E-state index contributed by atoms with van der Waals surface area (Å²) in [7, 11) is 0. The van der Waals surface area contributed by atoms with Crippen LogP contribution in [0.15, 0.2) is 70.6 Å². The van der Waals surface area contributed by atoms with Crippen LogP contribution in [-0.4, -0.2) is 6.54 Å². The molecule has 142 valence electrons. The Kier molecular flexibility index (Phi) is 5.47. The highest BCUT2D eigenvalue weighted by Crippen LogP contribution is 2.46. The molecule has 2 heterocycles. The molecule has 0 unspecified atom stereocenters. The van der Waals surface area contributed by atoms with Gasteiger partial charge in [0.1, 0.15) is 0 Å². The van der Waals surface area contributed by atoms with E-state index in [0.717, 1.165) is 18.1 Å². The Labute approximate surface area is 176 Å². The number of hydrogen-bond acceptors (Lipinski definition) is 2. The monoisotopic (exact) mass is 407 g/mol. The molecule has 1 aliphatic rings. The molecule has 4 rings (SSSR count). The van der Waals surface area contributed by atoms with E-state index in [1.165, 1.54) is 38.1 Å². The van der Waals surface area contributed by atoms with E-state index in [-0.39, 0.29) is 0 Å². The van der Waals surface area contributed by atoms with E-state index in [0.29, 0.717) is 0 Å². The molecule has 0 atom stereocenters. The average molecular weight is 408 g/mol. The summed E-state index contributed by atoms with van der Waals surface area (Å²) in [6, 6.07) is 21.3. The molecule has 0 fully saturated rings. The summed E-state index contributed by atoms with van der Waals surface area (Å²) in [5, 5.41) is 2.07. The summed E-state index contributed by atoms with van der Waals surface area (Å²) in [5.41, 5.74) is 6.32. The number of nitrogens with zero attached hydrogens (tertiary/aromatic N) is 2. The number of aryl methyl sites for hydroxylation is 2. The quantitative estimate of drug-likeness (QED) is 0.473. The number of para-hydroxylation sites is 1. The summed E-state index contributed by atoms with van der Waals surface area (Å²) in [5.74, 6) is 0. The van der Waals surface area contributed by atoms with Gasteiger partial charge in [0.05, 0.1) is 10.7 Å². The molecule has 3 aromatic rings. The Morgan fingerprint density at radius 1 is 1.00 bits per heavy atom. The zero-order valence-electron chi connectivity index (χ0n) is 16.4. The minimum Gasteiger partial charge on any atom is -0.335 e. The van der Waals surface area contributed by atoms with Crippen LogP contribution >= 0.6 is 23.4 Å². The van der Waals surface area contributed by atoms with Crippen LogP contribution in [0, 0.1) is 13.8 Å². The number of aromatic nitrogens is 1. The molecule has 0 N–H and O–H groups in total. The summed E-state index contributed by atoms with van der Waals surface area (Å²) >= 11 is 7.87. The van der Waals surface area contributed by atoms with E-state index in [9.17, 15) is 0 Å². The SMILES string of the molecule is CCN1/C(=C\c2cc(C)[n+](Cc3ccc(Cl)cc3)c(C)c2)Sc2ccccc21. The predicted molar refractivity (Wildman–Crippen MR) is 120 cm³/mol. The molecule has 0 bridgehead atoms. The van der Waals surface area contributed by atoms with E-state index in [1.54, 1.807) is 0 Å². The Balaban J connectivity index is 1.63. The number of hydrogen-bond donors (Lipinski definition) is 0. The predicted octanol–water partition coefficient (Wildman–Crippen LogP) is 6.22. The number of halogens is 1. The zero-order chi connectivity index (χ0) is 19.7. The second-order valence-electron chi connectivity index (χ2n) is 7.08. The van der Waals surface area contributed by atoms with Gasteiger partial charge < -0.3 is 4.90 Å². The largest absolute Gasteiger partial charge is 0.335 e. The number of pyridine rings is 1. The van der Waals surface area contributed by atoms with Crippen molar-refractivity contribution in [3.8, 4) is 0 Å². The summed E-state index contributed by atoms with van der Waals surface area (Å²) in [4.78, 5) is 3.72. The van der Waals surface area contributed by atoms with Crippen molar-refractivity contribution in [1.82, 2.24) is 0 Å². The molecule has 1 aromatic heterocycles. The van der Waals surface area contributed by atoms with Crippen molar-refractivity contribution in [2.45, 2.75) is 32.2 Å². The Hall–Kier alpha value is -2.23. The molecule has 0 amide bonds. The molecule has 0 spiro atoms. The number of anilines is 1. The number of fused-ring (bicyclic) bond motifs is 1. The van der Waals surface area contributed by atoms with Gasteiger partial charge in [-0.05, 0) is 42.8 Å². The van der Waals surface area contributed by atoms with Gasteiger partial charge in [0.25, 0.3) is 0 Å². The summed E-state index contributed by atoms with van der Waals surface area (Å²) in [6.45, 7) is 8.39. The molecular formula is C24H24ClN2S+. The summed E-state index contributed by atoms with van der Waals surface area (Å²) < 4.78 is 2.35. The third kappa shape index (κ3) is 3.82. The Bertz CT molecular complexity index is 1020. The fourth-order valence-electron chi connectivity index (χ4n) is 3.69. The van der Waals surface area contributed by atoms with Crippen LogP contribution in [0.4, 0.5) is 5.69 Å². The first-order chi connectivity index (χ1) is 13.5. The molecule has 0 aliphatic carbocycles. The number of rotatable bonds is 4. The first-order valence-corrected chi connectivity index (χ1v) is 10.8. The fraction of sp³-hybridized carbons (Fsp3) is 0.208. The molecule has 28 heavy (non-hydrogen) atoms. The highest BCUT2D eigenvalue weighted by Gasteiger charge is 2.23. The van der Waals surface area contributed by atoms with Crippen molar-refractivity contribution in [2.75, 3.05) is 11.4 Å². The van der Waals surface area contributed by atoms with Crippen molar-refractivity contribution in [3.63, 3.8) is 0 Å². The molecule has 0 saturated heterocycles.